The number of ether oxygens (including phenoxy) is 2. The molecule has 0 saturated heterocycles. The molecule has 4 heteroatoms. The number of carbonyl (C=O) groups is 1. The van der Waals surface area contributed by atoms with Gasteiger partial charge in [0.15, 0.2) is 5.60 Å². The van der Waals surface area contributed by atoms with Gasteiger partial charge in [-0.3, -0.25) is 0 Å². The van der Waals surface area contributed by atoms with E-state index >= 15 is 0 Å². The molecule has 0 amide bonds. The Bertz CT molecular complexity index is 178. The predicted molar refractivity (Wildman–Crippen MR) is 48.3 cm³/mol. The molecule has 4 nitrogen and oxygen atoms in total. The molecule has 0 radical (unpaired) electrons. The predicted octanol–water partition coefficient (Wildman–Crippen LogP) is 0.581. The third-order valence-corrected chi connectivity index (χ3v) is 2.21. The van der Waals surface area contributed by atoms with Crippen LogP contribution in [0, 0.1) is 5.92 Å². The minimum absolute atomic E-state index is 0.0657. The van der Waals surface area contributed by atoms with Gasteiger partial charge < -0.3 is 14.6 Å². The van der Waals surface area contributed by atoms with Crippen LogP contribution in [0.5, 0.6) is 0 Å². The SMILES string of the molecule is COC(=O)[C@](C)(OC)[C@H](O)C(C)C. The molecular formula is C9H18O4. The maximum atomic E-state index is 11.3. The highest BCUT2D eigenvalue weighted by atomic mass is 16.6. The summed E-state index contributed by atoms with van der Waals surface area (Å²) >= 11 is 0. The van der Waals surface area contributed by atoms with Crippen molar-refractivity contribution in [2.24, 2.45) is 5.92 Å². The molecular weight excluding hydrogens is 172 g/mol. The van der Waals surface area contributed by atoms with Gasteiger partial charge in [-0.05, 0) is 12.8 Å². The molecule has 0 rings (SSSR count). The Hall–Kier alpha value is -0.610. The van der Waals surface area contributed by atoms with Gasteiger partial charge in [-0.1, -0.05) is 13.8 Å². The number of esters is 1. The van der Waals surface area contributed by atoms with E-state index in [4.69, 9.17) is 4.74 Å². The Labute approximate surface area is 78.8 Å². The van der Waals surface area contributed by atoms with Crippen LogP contribution in [0.2, 0.25) is 0 Å². The Morgan fingerprint density at radius 2 is 1.85 bits per heavy atom. The monoisotopic (exact) mass is 190 g/mol. The van der Waals surface area contributed by atoms with Crippen molar-refractivity contribution in [3.05, 3.63) is 0 Å². The molecule has 0 bridgehead atoms. The van der Waals surface area contributed by atoms with Crippen molar-refractivity contribution in [3.63, 3.8) is 0 Å². The minimum atomic E-state index is -1.27. The zero-order chi connectivity index (χ0) is 10.6. The fraction of sp³-hybridized carbons (Fsp3) is 0.889. The first-order chi connectivity index (χ1) is 5.90. The molecule has 2 atom stereocenters. The smallest absolute Gasteiger partial charge is 0.340 e. The van der Waals surface area contributed by atoms with Gasteiger partial charge in [-0.15, -0.1) is 0 Å². The van der Waals surface area contributed by atoms with E-state index in [9.17, 15) is 9.90 Å². The number of hydrogen-bond acceptors (Lipinski definition) is 4. The first-order valence-electron chi connectivity index (χ1n) is 4.21. The Morgan fingerprint density at radius 1 is 1.38 bits per heavy atom. The first kappa shape index (κ1) is 12.4. The molecule has 0 aliphatic carbocycles. The van der Waals surface area contributed by atoms with Crippen LogP contribution in [0.3, 0.4) is 0 Å². The number of carbonyl (C=O) groups excluding carboxylic acids is 1. The van der Waals surface area contributed by atoms with Gasteiger partial charge >= 0.3 is 5.97 Å². The molecule has 0 aliphatic heterocycles. The number of aliphatic hydroxyl groups excluding tert-OH is 1. The van der Waals surface area contributed by atoms with Crippen LogP contribution in [-0.4, -0.2) is 37.0 Å². The fourth-order valence-electron chi connectivity index (χ4n) is 1.16. The summed E-state index contributed by atoms with van der Waals surface area (Å²) in [5.74, 6) is -0.625. The van der Waals surface area contributed by atoms with Gasteiger partial charge in [-0.25, -0.2) is 4.79 Å². The third-order valence-electron chi connectivity index (χ3n) is 2.21. The number of aliphatic hydroxyl groups is 1. The molecule has 0 unspecified atom stereocenters. The fourth-order valence-corrected chi connectivity index (χ4v) is 1.16. The summed E-state index contributed by atoms with van der Waals surface area (Å²) < 4.78 is 9.54. The van der Waals surface area contributed by atoms with Gasteiger partial charge in [-0.2, -0.15) is 0 Å². The van der Waals surface area contributed by atoms with Gasteiger partial charge in [0.1, 0.15) is 0 Å². The summed E-state index contributed by atoms with van der Waals surface area (Å²) in [5, 5.41) is 9.72. The summed E-state index contributed by atoms with van der Waals surface area (Å²) in [6.07, 6.45) is -0.870. The molecule has 78 valence electrons. The topological polar surface area (TPSA) is 55.8 Å². The van der Waals surface area contributed by atoms with E-state index in [-0.39, 0.29) is 5.92 Å². The second-order valence-corrected chi connectivity index (χ2v) is 3.49. The number of hydrogen-bond donors (Lipinski definition) is 1. The molecule has 0 saturated carbocycles. The lowest BCUT2D eigenvalue weighted by Gasteiger charge is -2.32. The van der Waals surface area contributed by atoms with Crippen molar-refractivity contribution < 1.29 is 19.4 Å². The van der Waals surface area contributed by atoms with Crippen LogP contribution in [-0.2, 0) is 14.3 Å². The minimum Gasteiger partial charge on any atom is -0.467 e. The van der Waals surface area contributed by atoms with Gasteiger partial charge in [0.05, 0.1) is 13.2 Å². The average molecular weight is 190 g/mol. The summed E-state index contributed by atoms with van der Waals surface area (Å²) in [4.78, 5) is 11.3. The first-order valence-corrected chi connectivity index (χ1v) is 4.21. The number of methoxy groups -OCH3 is 2. The summed E-state index contributed by atoms with van der Waals surface area (Å²) in [6, 6.07) is 0. The zero-order valence-corrected chi connectivity index (χ0v) is 8.83. The third kappa shape index (κ3) is 2.42. The highest BCUT2D eigenvalue weighted by Gasteiger charge is 2.43. The maximum Gasteiger partial charge on any atom is 0.340 e. The van der Waals surface area contributed by atoms with Crippen LogP contribution < -0.4 is 0 Å². The number of rotatable bonds is 4. The zero-order valence-electron chi connectivity index (χ0n) is 8.83. The van der Waals surface area contributed by atoms with Crippen LogP contribution >= 0.6 is 0 Å². The van der Waals surface area contributed by atoms with Crippen LogP contribution in [0.4, 0.5) is 0 Å². The molecule has 1 N–H and O–H groups in total. The van der Waals surface area contributed by atoms with Crippen molar-refractivity contribution in [2.75, 3.05) is 14.2 Å². The molecule has 0 aromatic carbocycles. The van der Waals surface area contributed by atoms with E-state index in [0.717, 1.165) is 0 Å². The van der Waals surface area contributed by atoms with Crippen LogP contribution in [0.15, 0.2) is 0 Å². The molecule has 0 aliphatic rings. The van der Waals surface area contributed by atoms with E-state index in [0.29, 0.717) is 0 Å². The second kappa shape index (κ2) is 4.58. The lowest BCUT2D eigenvalue weighted by molar-refractivity contribution is -0.181. The van der Waals surface area contributed by atoms with E-state index < -0.39 is 17.7 Å². The van der Waals surface area contributed by atoms with Crippen molar-refractivity contribution in [1.82, 2.24) is 0 Å². The standard InChI is InChI=1S/C9H18O4/c1-6(2)7(10)9(3,13-5)8(11)12-4/h6-7,10H,1-5H3/t7-,9-/m1/s1. The summed E-state index contributed by atoms with van der Waals surface area (Å²) in [6.45, 7) is 5.14. The lowest BCUT2D eigenvalue weighted by atomic mass is 9.90. The molecule has 0 heterocycles. The van der Waals surface area contributed by atoms with E-state index in [1.165, 1.54) is 21.1 Å². The molecule has 0 aromatic heterocycles. The molecule has 0 aromatic rings. The van der Waals surface area contributed by atoms with E-state index in [1.807, 2.05) is 13.8 Å². The van der Waals surface area contributed by atoms with Gasteiger partial charge in [0, 0.05) is 7.11 Å². The van der Waals surface area contributed by atoms with Gasteiger partial charge in [0.2, 0.25) is 0 Å². The quantitative estimate of drug-likeness (QED) is 0.659. The average Bonchev–Trinajstić information content (AvgIpc) is 2.13. The highest BCUT2D eigenvalue weighted by Crippen LogP contribution is 2.22. The highest BCUT2D eigenvalue weighted by molar-refractivity contribution is 5.79. The second-order valence-electron chi connectivity index (χ2n) is 3.49. The largest absolute Gasteiger partial charge is 0.467 e. The van der Waals surface area contributed by atoms with Crippen LogP contribution in [0.25, 0.3) is 0 Å². The van der Waals surface area contributed by atoms with E-state index in [1.54, 1.807) is 0 Å². The molecule has 13 heavy (non-hydrogen) atoms. The Kier molecular flexibility index (Phi) is 4.36. The van der Waals surface area contributed by atoms with Crippen molar-refractivity contribution in [3.8, 4) is 0 Å². The molecule has 0 fully saturated rings. The van der Waals surface area contributed by atoms with E-state index in [2.05, 4.69) is 4.74 Å². The lowest BCUT2D eigenvalue weighted by Crippen LogP contribution is -2.51. The Morgan fingerprint density at radius 3 is 2.08 bits per heavy atom. The van der Waals surface area contributed by atoms with Crippen LogP contribution in [0.1, 0.15) is 20.8 Å². The normalized spacial score (nSPS) is 18.1. The van der Waals surface area contributed by atoms with Crippen molar-refractivity contribution in [1.29, 1.82) is 0 Å². The van der Waals surface area contributed by atoms with Gasteiger partial charge in [0.25, 0.3) is 0 Å². The van der Waals surface area contributed by atoms with Crippen molar-refractivity contribution >= 4 is 5.97 Å². The summed E-state index contributed by atoms with van der Waals surface area (Å²) in [7, 11) is 2.65. The molecule has 0 spiro atoms. The Balaban J connectivity index is 4.71. The van der Waals surface area contributed by atoms with Crippen molar-refractivity contribution in [2.45, 2.75) is 32.5 Å². The maximum absolute atomic E-state index is 11.3. The summed E-state index contributed by atoms with van der Waals surface area (Å²) in [5.41, 5.74) is -1.27.